The van der Waals surface area contributed by atoms with Crippen molar-refractivity contribution in [3.63, 3.8) is 0 Å². The Bertz CT molecular complexity index is 774. The summed E-state index contributed by atoms with van der Waals surface area (Å²) >= 11 is 0. The number of ether oxygens (including phenoxy) is 2. The number of imide groups is 1. The van der Waals surface area contributed by atoms with E-state index >= 15 is 0 Å². The van der Waals surface area contributed by atoms with Crippen molar-refractivity contribution < 1.29 is 23.9 Å². The molecule has 1 saturated carbocycles. The molecule has 2 N–H and O–H groups in total. The molecule has 0 spiro atoms. The van der Waals surface area contributed by atoms with Gasteiger partial charge in [0.2, 0.25) is 5.91 Å². The molecule has 2 fully saturated rings. The number of carbonyl (C=O) groups is 3. The molecule has 1 saturated heterocycles. The van der Waals surface area contributed by atoms with Crippen LogP contribution in [0, 0.1) is 0 Å². The molecule has 8 nitrogen and oxygen atoms in total. The van der Waals surface area contributed by atoms with Crippen molar-refractivity contribution in [1.82, 2.24) is 15.5 Å². The van der Waals surface area contributed by atoms with Crippen LogP contribution in [0.2, 0.25) is 0 Å². The Balaban J connectivity index is 1.52. The van der Waals surface area contributed by atoms with Crippen molar-refractivity contribution in [2.24, 2.45) is 0 Å². The molecule has 1 aromatic carbocycles. The van der Waals surface area contributed by atoms with E-state index < -0.39 is 12.1 Å². The molecule has 0 bridgehead atoms. The van der Waals surface area contributed by atoms with E-state index in [0.717, 1.165) is 31.2 Å². The van der Waals surface area contributed by atoms with E-state index in [1.54, 1.807) is 20.3 Å². The van der Waals surface area contributed by atoms with Gasteiger partial charge in [-0.05, 0) is 37.0 Å². The molecule has 1 aliphatic carbocycles. The predicted molar refractivity (Wildman–Crippen MR) is 112 cm³/mol. The lowest BCUT2D eigenvalue weighted by Gasteiger charge is -2.17. The molecule has 1 heterocycles. The van der Waals surface area contributed by atoms with Gasteiger partial charge >= 0.3 is 6.03 Å². The molecule has 1 aromatic rings. The number of carbonyl (C=O) groups excluding carboxylic acids is 3. The second-order valence-electron chi connectivity index (χ2n) is 7.89. The number of rotatable bonds is 8. The van der Waals surface area contributed by atoms with Crippen molar-refractivity contribution >= 4 is 17.8 Å². The lowest BCUT2D eigenvalue weighted by molar-refractivity contribution is -0.131. The summed E-state index contributed by atoms with van der Waals surface area (Å²) in [5.41, 5.74) is 0.919. The Morgan fingerprint density at radius 2 is 1.80 bits per heavy atom. The summed E-state index contributed by atoms with van der Waals surface area (Å²) in [5, 5.41) is 5.67. The van der Waals surface area contributed by atoms with Gasteiger partial charge in [-0.3, -0.25) is 14.5 Å². The normalized spacial score (nSPS) is 19.9. The minimum atomic E-state index is -0.798. The molecule has 1 atom stereocenters. The standard InChI is InChI=1S/C22H31N3O5/c1-29-18-10-9-15(13-19(18)30-2)11-12-25-21(27)17(24-22(25)28)14-20(26)23-16-7-5-3-4-6-8-16/h9-10,13,16-17H,3-8,11-12,14H2,1-2H3,(H,23,26)(H,24,28). The maximum absolute atomic E-state index is 12.7. The molecule has 0 radical (unpaired) electrons. The number of nitrogens with zero attached hydrogens (tertiary/aromatic N) is 1. The zero-order chi connectivity index (χ0) is 21.5. The van der Waals surface area contributed by atoms with Crippen molar-refractivity contribution in [3.8, 4) is 11.5 Å². The van der Waals surface area contributed by atoms with Crippen molar-refractivity contribution in [2.45, 2.75) is 63.5 Å². The lowest BCUT2D eigenvalue weighted by atomic mass is 10.1. The van der Waals surface area contributed by atoms with Crippen LogP contribution in [0.15, 0.2) is 18.2 Å². The predicted octanol–water partition coefficient (Wildman–Crippen LogP) is 2.40. The first-order chi connectivity index (χ1) is 14.5. The van der Waals surface area contributed by atoms with E-state index in [0.29, 0.717) is 17.9 Å². The van der Waals surface area contributed by atoms with Crippen LogP contribution in [0.1, 0.15) is 50.5 Å². The summed E-state index contributed by atoms with van der Waals surface area (Å²) in [6.45, 7) is 0.237. The number of hydrogen-bond donors (Lipinski definition) is 2. The zero-order valence-corrected chi connectivity index (χ0v) is 17.7. The van der Waals surface area contributed by atoms with Gasteiger partial charge in [-0.1, -0.05) is 31.7 Å². The highest BCUT2D eigenvalue weighted by Crippen LogP contribution is 2.28. The smallest absolute Gasteiger partial charge is 0.324 e. The second kappa shape index (κ2) is 10.3. The van der Waals surface area contributed by atoms with Crippen LogP contribution in [0.25, 0.3) is 0 Å². The maximum atomic E-state index is 12.7. The molecule has 8 heteroatoms. The monoisotopic (exact) mass is 417 g/mol. The molecule has 1 aliphatic heterocycles. The van der Waals surface area contributed by atoms with E-state index in [1.165, 1.54) is 17.7 Å². The van der Waals surface area contributed by atoms with E-state index in [4.69, 9.17) is 9.47 Å². The first kappa shape index (κ1) is 21.9. The summed E-state index contributed by atoms with van der Waals surface area (Å²) in [6, 6.07) is 4.42. The molecular weight excluding hydrogens is 386 g/mol. The van der Waals surface area contributed by atoms with Gasteiger partial charge in [0.1, 0.15) is 6.04 Å². The Hall–Kier alpha value is -2.77. The molecule has 0 aromatic heterocycles. The van der Waals surface area contributed by atoms with Crippen LogP contribution in [0.3, 0.4) is 0 Å². The zero-order valence-electron chi connectivity index (χ0n) is 17.7. The highest BCUT2D eigenvalue weighted by atomic mass is 16.5. The third-order valence-corrected chi connectivity index (χ3v) is 5.79. The van der Waals surface area contributed by atoms with Gasteiger partial charge in [0.05, 0.1) is 20.6 Å². The van der Waals surface area contributed by atoms with Gasteiger partial charge in [0.15, 0.2) is 11.5 Å². The van der Waals surface area contributed by atoms with Gasteiger partial charge in [-0.15, -0.1) is 0 Å². The van der Waals surface area contributed by atoms with Crippen LogP contribution in [-0.4, -0.2) is 55.6 Å². The Morgan fingerprint density at radius 1 is 1.10 bits per heavy atom. The highest BCUT2D eigenvalue weighted by Gasteiger charge is 2.38. The average molecular weight is 418 g/mol. The molecule has 2 aliphatic rings. The molecule has 4 amide bonds. The van der Waals surface area contributed by atoms with E-state index in [2.05, 4.69) is 10.6 Å². The highest BCUT2D eigenvalue weighted by molar-refractivity contribution is 6.05. The topological polar surface area (TPSA) is 97.0 Å². The number of urea groups is 1. The maximum Gasteiger partial charge on any atom is 0.324 e. The van der Waals surface area contributed by atoms with Crippen LogP contribution in [-0.2, 0) is 16.0 Å². The van der Waals surface area contributed by atoms with Gasteiger partial charge in [-0.25, -0.2) is 4.79 Å². The number of benzene rings is 1. The number of nitrogens with one attached hydrogen (secondary N) is 2. The van der Waals surface area contributed by atoms with E-state index in [-0.39, 0.29) is 30.8 Å². The first-order valence-electron chi connectivity index (χ1n) is 10.6. The van der Waals surface area contributed by atoms with E-state index in [1.807, 2.05) is 12.1 Å². The fourth-order valence-electron chi connectivity index (χ4n) is 4.10. The number of amides is 4. The SMILES string of the molecule is COc1ccc(CCN2C(=O)NC(CC(=O)NC3CCCCCC3)C2=O)cc1OC. The lowest BCUT2D eigenvalue weighted by Crippen LogP contribution is -2.40. The van der Waals surface area contributed by atoms with Crippen LogP contribution in [0.5, 0.6) is 11.5 Å². The molecule has 30 heavy (non-hydrogen) atoms. The quantitative estimate of drug-likeness (QED) is 0.500. The van der Waals surface area contributed by atoms with E-state index in [9.17, 15) is 14.4 Å². The summed E-state index contributed by atoms with van der Waals surface area (Å²) in [6.07, 6.45) is 7.08. The Kier molecular flexibility index (Phi) is 7.54. The minimum absolute atomic E-state index is 0.0199. The summed E-state index contributed by atoms with van der Waals surface area (Å²) in [4.78, 5) is 38.5. The van der Waals surface area contributed by atoms with Gasteiger partial charge < -0.3 is 20.1 Å². The summed E-state index contributed by atoms with van der Waals surface area (Å²) in [7, 11) is 3.13. The molecule has 1 unspecified atom stereocenters. The second-order valence-corrected chi connectivity index (χ2v) is 7.89. The third kappa shape index (κ3) is 5.43. The van der Waals surface area contributed by atoms with Crippen LogP contribution < -0.4 is 20.1 Å². The van der Waals surface area contributed by atoms with Crippen molar-refractivity contribution in [2.75, 3.05) is 20.8 Å². The first-order valence-corrected chi connectivity index (χ1v) is 10.6. The van der Waals surface area contributed by atoms with Crippen LogP contribution >= 0.6 is 0 Å². The van der Waals surface area contributed by atoms with Crippen molar-refractivity contribution in [3.05, 3.63) is 23.8 Å². The van der Waals surface area contributed by atoms with Crippen molar-refractivity contribution in [1.29, 1.82) is 0 Å². The largest absolute Gasteiger partial charge is 0.493 e. The summed E-state index contributed by atoms with van der Waals surface area (Å²) < 4.78 is 10.5. The summed E-state index contributed by atoms with van der Waals surface area (Å²) in [5.74, 6) is 0.690. The fraction of sp³-hybridized carbons (Fsp3) is 0.591. The minimum Gasteiger partial charge on any atom is -0.493 e. The fourth-order valence-corrected chi connectivity index (χ4v) is 4.10. The molecular formula is C22H31N3O5. The van der Waals surface area contributed by atoms with Crippen LogP contribution in [0.4, 0.5) is 4.79 Å². The molecule has 164 valence electrons. The Labute approximate surface area is 177 Å². The third-order valence-electron chi connectivity index (χ3n) is 5.79. The average Bonchev–Trinajstić information content (AvgIpc) is 2.91. The van der Waals surface area contributed by atoms with Gasteiger partial charge in [0, 0.05) is 12.6 Å². The van der Waals surface area contributed by atoms with Gasteiger partial charge in [-0.2, -0.15) is 0 Å². The molecule has 3 rings (SSSR count). The van der Waals surface area contributed by atoms with Gasteiger partial charge in [0.25, 0.3) is 5.91 Å². The Morgan fingerprint density at radius 3 is 2.47 bits per heavy atom. The number of methoxy groups -OCH3 is 2. The number of hydrogen-bond acceptors (Lipinski definition) is 5.